The third kappa shape index (κ3) is 6.46. The lowest BCUT2D eigenvalue weighted by Gasteiger charge is -2.36. The van der Waals surface area contributed by atoms with Crippen LogP contribution in [-0.2, 0) is 16.1 Å². The van der Waals surface area contributed by atoms with E-state index in [1.54, 1.807) is 11.0 Å². The highest BCUT2D eigenvalue weighted by Crippen LogP contribution is 2.25. The molecular weight excluding hydrogens is 458 g/mol. The summed E-state index contributed by atoms with van der Waals surface area (Å²) < 4.78 is 11.0. The van der Waals surface area contributed by atoms with Crippen LogP contribution in [0.25, 0.3) is 11.0 Å². The number of carbonyl (C=O) groups excluding carboxylic acids is 2. The summed E-state index contributed by atoms with van der Waals surface area (Å²) in [6, 6.07) is 5.65. The molecule has 0 spiro atoms. The second-order valence-electron chi connectivity index (χ2n) is 11.4. The van der Waals surface area contributed by atoms with Gasteiger partial charge in [0.2, 0.25) is 5.91 Å². The van der Waals surface area contributed by atoms with E-state index in [9.17, 15) is 14.4 Å². The minimum Gasteiger partial charge on any atom is -0.444 e. The second kappa shape index (κ2) is 10.6. The van der Waals surface area contributed by atoms with Crippen LogP contribution in [0.5, 0.6) is 0 Å². The van der Waals surface area contributed by atoms with Crippen LogP contribution in [0.15, 0.2) is 27.4 Å². The van der Waals surface area contributed by atoms with Gasteiger partial charge in [0.05, 0.1) is 5.92 Å². The van der Waals surface area contributed by atoms with Crippen molar-refractivity contribution < 1.29 is 18.7 Å². The van der Waals surface area contributed by atoms with E-state index < -0.39 is 5.60 Å². The Kier molecular flexibility index (Phi) is 7.73. The first kappa shape index (κ1) is 26.2. The molecule has 1 aromatic heterocycles. The highest BCUT2D eigenvalue weighted by molar-refractivity contribution is 5.82. The molecule has 1 aromatic carbocycles. The van der Waals surface area contributed by atoms with Crippen molar-refractivity contribution in [3.05, 3.63) is 45.3 Å². The van der Waals surface area contributed by atoms with Crippen molar-refractivity contribution in [1.82, 2.24) is 15.1 Å². The molecule has 2 aromatic rings. The largest absolute Gasteiger partial charge is 0.444 e. The van der Waals surface area contributed by atoms with Gasteiger partial charge in [-0.2, -0.15) is 0 Å². The van der Waals surface area contributed by atoms with Gasteiger partial charge >= 0.3 is 11.7 Å². The Balaban J connectivity index is 1.38. The second-order valence-corrected chi connectivity index (χ2v) is 11.4. The Morgan fingerprint density at radius 1 is 1.06 bits per heavy atom. The zero-order valence-electron chi connectivity index (χ0n) is 22.2. The molecule has 2 saturated heterocycles. The highest BCUT2D eigenvalue weighted by atomic mass is 16.6. The first-order valence-electron chi connectivity index (χ1n) is 13.0. The normalized spacial score (nSPS) is 21.4. The van der Waals surface area contributed by atoms with Crippen LogP contribution in [-0.4, -0.2) is 59.6 Å². The fourth-order valence-electron chi connectivity index (χ4n) is 5.17. The third-order valence-electron chi connectivity index (χ3n) is 7.13. The van der Waals surface area contributed by atoms with Crippen LogP contribution in [0.4, 0.5) is 4.79 Å². The SMILES string of the molecule is Cc1cc2oc(=O)cc(CN3CCC[C@@H](NC(=O)[C@@H]4CCCN(C(=O)OC(C)(C)C)C4)C3)c2cc1C. The van der Waals surface area contributed by atoms with Gasteiger partial charge < -0.3 is 19.4 Å². The topological polar surface area (TPSA) is 92.1 Å². The summed E-state index contributed by atoms with van der Waals surface area (Å²) in [6.45, 7) is 12.9. The number of amides is 2. The van der Waals surface area contributed by atoms with Gasteiger partial charge in [0.1, 0.15) is 11.2 Å². The number of likely N-dealkylation sites (tertiary alicyclic amines) is 2. The molecular formula is C28H39N3O5. The molecule has 0 bridgehead atoms. The lowest BCUT2D eigenvalue weighted by atomic mass is 9.96. The maximum absolute atomic E-state index is 13.1. The number of fused-ring (bicyclic) bond motifs is 1. The van der Waals surface area contributed by atoms with Crippen LogP contribution in [0.2, 0.25) is 0 Å². The molecule has 0 radical (unpaired) electrons. The van der Waals surface area contributed by atoms with Crippen LogP contribution in [0.3, 0.4) is 0 Å². The summed E-state index contributed by atoms with van der Waals surface area (Å²) >= 11 is 0. The predicted octanol–water partition coefficient (Wildman–Crippen LogP) is 4.14. The van der Waals surface area contributed by atoms with Crippen molar-refractivity contribution in [2.24, 2.45) is 5.92 Å². The van der Waals surface area contributed by atoms with Crippen molar-refractivity contribution in [2.75, 3.05) is 26.2 Å². The molecule has 2 aliphatic rings. The number of hydrogen-bond acceptors (Lipinski definition) is 6. The number of nitrogens with zero attached hydrogens (tertiary/aromatic N) is 2. The van der Waals surface area contributed by atoms with Gasteiger partial charge in [0.15, 0.2) is 0 Å². The first-order valence-corrected chi connectivity index (χ1v) is 13.0. The van der Waals surface area contributed by atoms with Crippen molar-refractivity contribution in [2.45, 2.75) is 78.5 Å². The standard InChI is InChI=1S/C28H39N3O5/c1-18-12-23-21(14-25(32)35-24(23)13-19(18)2)15-30-10-7-9-22(17-30)29-26(33)20-8-6-11-31(16-20)27(34)36-28(3,4)5/h12-14,20,22H,6-11,15-17H2,1-5H3,(H,29,33)/t20-,22-/m1/s1. The molecule has 2 amide bonds. The summed E-state index contributed by atoms with van der Waals surface area (Å²) in [5.41, 5.74) is 2.94. The van der Waals surface area contributed by atoms with Gasteiger partial charge in [0, 0.05) is 43.7 Å². The van der Waals surface area contributed by atoms with Gasteiger partial charge in [-0.25, -0.2) is 9.59 Å². The molecule has 8 nitrogen and oxygen atoms in total. The number of hydrogen-bond donors (Lipinski definition) is 1. The maximum atomic E-state index is 13.1. The number of nitrogens with one attached hydrogen (secondary N) is 1. The van der Waals surface area contributed by atoms with E-state index in [0.29, 0.717) is 25.2 Å². The molecule has 1 N–H and O–H groups in total. The van der Waals surface area contributed by atoms with Gasteiger partial charge in [-0.3, -0.25) is 9.69 Å². The average molecular weight is 498 g/mol. The van der Waals surface area contributed by atoms with E-state index in [4.69, 9.17) is 9.15 Å². The van der Waals surface area contributed by atoms with Crippen molar-refractivity contribution >= 4 is 23.0 Å². The van der Waals surface area contributed by atoms with E-state index >= 15 is 0 Å². The number of ether oxygens (including phenoxy) is 1. The summed E-state index contributed by atoms with van der Waals surface area (Å²) in [6.07, 6.45) is 3.09. The molecule has 36 heavy (non-hydrogen) atoms. The van der Waals surface area contributed by atoms with Crippen molar-refractivity contribution in [3.63, 3.8) is 0 Å². The zero-order valence-corrected chi connectivity index (χ0v) is 22.2. The van der Waals surface area contributed by atoms with Gasteiger partial charge in [-0.15, -0.1) is 0 Å². The minimum absolute atomic E-state index is 0.00649. The quantitative estimate of drug-likeness (QED) is 0.639. The van der Waals surface area contributed by atoms with E-state index in [1.807, 2.05) is 33.8 Å². The van der Waals surface area contributed by atoms with E-state index in [2.05, 4.69) is 23.2 Å². The number of carbonyl (C=O) groups is 2. The Hall–Kier alpha value is -2.87. The summed E-state index contributed by atoms with van der Waals surface area (Å²) in [5, 5.41) is 4.20. The Morgan fingerprint density at radius 2 is 1.78 bits per heavy atom. The summed E-state index contributed by atoms with van der Waals surface area (Å²) in [5.74, 6) is -0.220. The fourth-order valence-corrected chi connectivity index (χ4v) is 5.17. The fraction of sp³-hybridized carbons (Fsp3) is 0.607. The molecule has 2 aliphatic heterocycles. The van der Waals surface area contributed by atoms with Gasteiger partial charge in [-0.1, -0.05) is 0 Å². The van der Waals surface area contributed by atoms with Gasteiger partial charge in [-0.05, 0) is 95.7 Å². The molecule has 0 unspecified atom stereocenters. The van der Waals surface area contributed by atoms with E-state index in [-0.39, 0.29) is 29.6 Å². The van der Waals surface area contributed by atoms with Crippen LogP contribution >= 0.6 is 0 Å². The lowest BCUT2D eigenvalue weighted by Crippen LogP contribution is -2.52. The third-order valence-corrected chi connectivity index (χ3v) is 7.13. The van der Waals surface area contributed by atoms with Crippen LogP contribution in [0.1, 0.15) is 63.1 Å². The number of rotatable bonds is 4. The Labute approximate surface area is 213 Å². The smallest absolute Gasteiger partial charge is 0.410 e. The lowest BCUT2D eigenvalue weighted by molar-refractivity contribution is -0.127. The van der Waals surface area contributed by atoms with Crippen LogP contribution in [0, 0.1) is 19.8 Å². The number of benzene rings is 1. The first-order chi connectivity index (χ1) is 17.0. The predicted molar refractivity (Wildman–Crippen MR) is 139 cm³/mol. The molecule has 0 saturated carbocycles. The molecule has 196 valence electrons. The van der Waals surface area contributed by atoms with Crippen molar-refractivity contribution in [1.29, 1.82) is 0 Å². The molecule has 0 aliphatic carbocycles. The Bertz CT molecular complexity index is 1180. The maximum Gasteiger partial charge on any atom is 0.410 e. The Morgan fingerprint density at radius 3 is 2.53 bits per heavy atom. The van der Waals surface area contributed by atoms with E-state index in [0.717, 1.165) is 60.8 Å². The minimum atomic E-state index is -0.555. The molecule has 4 rings (SSSR count). The molecule has 3 heterocycles. The highest BCUT2D eigenvalue weighted by Gasteiger charge is 2.32. The monoisotopic (exact) mass is 497 g/mol. The average Bonchev–Trinajstić information content (AvgIpc) is 2.79. The zero-order chi connectivity index (χ0) is 26.0. The molecule has 8 heteroatoms. The van der Waals surface area contributed by atoms with Crippen LogP contribution < -0.4 is 10.9 Å². The number of aryl methyl sites for hydroxylation is 2. The summed E-state index contributed by atoms with van der Waals surface area (Å²) in [7, 11) is 0. The summed E-state index contributed by atoms with van der Waals surface area (Å²) in [4.78, 5) is 41.7. The number of piperidine rings is 2. The van der Waals surface area contributed by atoms with Gasteiger partial charge in [0.25, 0.3) is 0 Å². The molecule has 2 atom stereocenters. The van der Waals surface area contributed by atoms with E-state index in [1.165, 1.54) is 0 Å². The molecule has 2 fully saturated rings. The van der Waals surface area contributed by atoms with Crippen molar-refractivity contribution in [3.8, 4) is 0 Å².